The lowest BCUT2D eigenvalue weighted by atomic mass is 9.85. The van der Waals surface area contributed by atoms with Crippen LogP contribution >= 0.6 is 11.6 Å². The van der Waals surface area contributed by atoms with Gasteiger partial charge in [-0.1, -0.05) is 43.7 Å². The molecule has 7 atom stereocenters. The van der Waals surface area contributed by atoms with Crippen molar-refractivity contribution in [3.05, 3.63) is 41.4 Å². The average molecular weight is 884 g/mol. The SMILES string of the molecule is CC(C)Oc1cc2c(Cl)cccc2c(O[C@@H]2C[C@H]3C(=O)N[C@]4(C(=O)NS(=O)(=O)C5(C)CC5)C[C@H]4C=CCC[C@H](C)C[C@@H](C)[C@H](N(C(=O)O)C(C)(C)C(F)(F)F)C(=O)N3C2)n1. The Morgan fingerprint density at radius 3 is 2.43 bits per heavy atom. The fraction of sp³-hybridized carbons (Fsp3) is 0.634. The molecule has 19 heteroatoms. The van der Waals surface area contributed by atoms with Crippen molar-refractivity contribution in [2.24, 2.45) is 17.8 Å². The number of carbonyl (C=O) groups is 4. The standard InChI is InChI=1S/C41H53ClF3N5O9S/c1-22(2)58-31-19-28-27(13-10-14-29(28)42)34(46-31)59-26-18-30-33(51)47-40(36(53)48-60(56,57)39(7)15-16-39)20-25(40)12-9-8-11-23(3)17-24(4)32(35(52)49(30)21-26)50(37(54)55)38(5,6)41(43,44)45/h9-10,12-14,19,22-26,30,32H,8,11,15-18,20-21H2,1-7H3,(H,47,51)(H,48,53)(H,54,55)/t23-,24+,25+,26+,30-,32-,40+/m0/s1. The number of pyridine rings is 1. The molecule has 2 aromatic rings. The van der Waals surface area contributed by atoms with E-state index >= 15 is 4.79 Å². The Labute approximate surface area is 352 Å². The molecule has 60 heavy (non-hydrogen) atoms. The summed E-state index contributed by atoms with van der Waals surface area (Å²) in [7, 11) is -4.14. The van der Waals surface area contributed by atoms with Crippen LogP contribution in [0.1, 0.15) is 93.4 Å². The van der Waals surface area contributed by atoms with Crippen LogP contribution in [0.5, 0.6) is 11.8 Å². The van der Waals surface area contributed by atoms with Crippen molar-refractivity contribution in [3.63, 3.8) is 0 Å². The van der Waals surface area contributed by atoms with E-state index < -0.39 is 92.4 Å². The highest BCUT2D eigenvalue weighted by molar-refractivity contribution is 7.91. The maximum Gasteiger partial charge on any atom is 0.411 e. The smallest absolute Gasteiger partial charge is 0.411 e. The van der Waals surface area contributed by atoms with Gasteiger partial charge in [-0.15, -0.1) is 0 Å². The van der Waals surface area contributed by atoms with E-state index in [0.717, 1.165) is 4.90 Å². The molecule has 0 spiro atoms. The Bertz CT molecular complexity index is 2180. The summed E-state index contributed by atoms with van der Waals surface area (Å²) in [4.78, 5) is 62.4. The summed E-state index contributed by atoms with van der Waals surface area (Å²) in [5, 5.41) is 14.6. The molecular formula is C41H53ClF3N5O9S. The summed E-state index contributed by atoms with van der Waals surface area (Å²) >= 11 is 6.56. The number of hydrogen-bond donors (Lipinski definition) is 3. The van der Waals surface area contributed by atoms with E-state index in [0.29, 0.717) is 55.3 Å². The van der Waals surface area contributed by atoms with Crippen LogP contribution < -0.4 is 19.5 Å². The van der Waals surface area contributed by atoms with Crippen molar-refractivity contribution in [1.82, 2.24) is 24.8 Å². The zero-order chi connectivity index (χ0) is 44.3. The van der Waals surface area contributed by atoms with E-state index in [2.05, 4.69) is 15.0 Å². The number of halogens is 4. The molecule has 4 aliphatic rings. The highest BCUT2D eigenvalue weighted by Crippen LogP contribution is 2.48. The van der Waals surface area contributed by atoms with Gasteiger partial charge in [-0.3, -0.25) is 24.0 Å². The third-order valence-electron chi connectivity index (χ3n) is 12.4. The summed E-state index contributed by atoms with van der Waals surface area (Å²) in [6.45, 7) is 9.43. The summed E-state index contributed by atoms with van der Waals surface area (Å²) in [5.74, 6) is -4.54. The van der Waals surface area contributed by atoms with Gasteiger partial charge in [-0.25, -0.2) is 13.2 Å². The van der Waals surface area contributed by atoms with E-state index in [1.807, 2.05) is 6.92 Å². The number of allylic oxidation sites excluding steroid dienone is 1. The topological polar surface area (TPSA) is 185 Å². The highest BCUT2D eigenvalue weighted by Gasteiger charge is 2.64. The summed E-state index contributed by atoms with van der Waals surface area (Å²) < 4.78 is 84.0. The number of ether oxygens (including phenoxy) is 2. The lowest BCUT2D eigenvalue weighted by molar-refractivity contribution is -0.222. The molecule has 2 aliphatic heterocycles. The molecule has 6 rings (SSSR count). The molecule has 1 saturated heterocycles. The van der Waals surface area contributed by atoms with Gasteiger partial charge in [0.15, 0.2) is 0 Å². The molecule has 4 amide bonds. The van der Waals surface area contributed by atoms with Gasteiger partial charge in [0.25, 0.3) is 5.91 Å². The lowest BCUT2D eigenvalue weighted by Crippen LogP contribution is -2.66. The second-order valence-corrected chi connectivity index (χ2v) is 20.5. The molecule has 0 radical (unpaired) electrons. The molecule has 14 nitrogen and oxygen atoms in total. The zero-order valence-electron chi connectivity index (χ0n) is 34.6. The van der Waals surface area contributed by atoms with Crippen LogP contribution in [0.4, 0.5) is 18.0 Å². The third kappa shape index (κ3) is 8.72. The van der Waals surface area contributed by atoms with Crippen molar-refractivity contribution in [1.29, 1.82) is 0 Å². The first-order valence-corrected chi connectivity index (χ1v) is 22.1. The number of benzene rings is 1. The monoisotopic (exact) mass is 883 g/mol. The molecule has 330 valence electrons. The highest BCUT2D eigenvalue weighted by atomic mass is 35.5. The van der Waals surface area contributed by atoms with E-state index in [4.69, 9.17) is 21.1 Å². The van der Waals surface area contributed by atoms with E-state index in [-0.39, 0.29) is 47.9 Å². The van der Waals surface area contributed by atoms with Crippen LogP contribution in [0.3, 0.4) is 0 Å². The molecule has 3 N–H and O–H groups in total. The molecule has 1 aromatic carbocycles. The largest absolute Gasteiger partial charge is 0.475 e. The molecule has 2 saturated carbocycles. The van der Waals surface area contributed by atoms with Crippen molar-refractivity contribution >= 4 is 56.2 Å². The van der Waals surface area contributed by atoms with E-state index in [1.54, 1.807) is 50.3 Å². The molecule has 3 heterocycles. The first-order valence-electron chi connectivity index (χ1n) is 20.2. The minimum Gasteiger partial charge on any atom is -0.475 e. The van der Waals surface area contributed by atoms with Crippen LogP contribution in [0.25, 0.3) is 10.8 Å². The minimum atomic E-state index is -5.11. The number of aromatic nitrogens is 1. The average Bonchev–Trinajstić information content (AvgIpc) is 4.01. The molecule has 2 aliphatic carbocycles. The van der Waals surface area contributed by atoms with Crippen molar-refractivity contribution in [3.8, 4) is 11.8 Å². The van der Waals surface area contributed by atoms with E-state index in [1.165, 1.54) is 13.8 Å². The van der Waals surface area contributed by atoms with Gasteiger partial charge in [0.05, 0.1) is 17.4 Å². The number of alkyl halides is 3. The molecule has 0 unspecified atom stereocenters. The quantitative estimate of drug-likeness (QED) is 0.232. The molecule has 1 aromatic heterocycles. The number of nitrogens with one attached hydrogen (secondary N) is 2. The molecule has 0 bridgehead atoms. The van der Waals surface area contributed by atoms with Gasteiger partial charge in [-0.05, 0) is 97.1 Å². The summed E-state index contributed by atoms with van der Waals surface area (Å²) in [5.41, 5.74) is -4.79. The third-order valence-corrected chi connectivity index (χ3v) is 14.9. The zero-order valence-corrected chi connectivity index (χ0v) is 36.2. The second kappa shape index (κ2) is 16.2. The Balaban J connectivity index is 1.45. The van der Waals surface area contributed by atoms with Gasteiger partial charge in [0.1, 0.15) is 29.3 Å². The predicted octanol–water partition coefficient (Wildman–Crippen LogP) is 6.60. The fourth-order valence-electron chi connectivity index (χ4n) is 8.32. The number of sulfonamides is 1. The Hall–Kier alpha value is -4.32. The first kappa shape index (κ1) is 45.2. The number of fused-ring (bicyclic) bond motifs is 3. The van der Waals surface area contributed by atoms with Crippen LogP contribution in [0, 0.1) is 17.8 Å². The lowest BCUT2D eigenvalue weighted by Gasteiger charge is -2.45. The van der Waals surface area contributed by atoms with Gasteiger partial charge < -0.3 is 24.8 Å². The van der Waals surface area contributed by atoms with Crippen LogP contribution in [0.2, 0.25) is 5.02 Å². The van der Waals surface area contributed by atoms with Crippen molar-refractivity contribution in [2.45, 2.75) is 140 Å². The van der Waals surface area contributed by atoms with Crippen LogP contribution in [-0.4, -0.2) is 105 Å². The summed E-state index contributed by atoms with van der Waals surface area (Å²) in [6.07, 6.45) is -3.35. The maximum absolute atomic E-state index is 15.1. The number of nitrogens with zero attached hydrogens (tertiary/aromatic N) is 3. The van der Waals surface area contributed by atoms with Crippen LogP contribution in [-0.2, 0) is 24.4 Å². The number of carboxylic acid groups (broad SMARTS) is 1. The van der Waals surface area contributed by atoms with Crippen LogP contribution in [0.15, 0.2) is 36.4 Å². The van der Waals surface area contributed by atoms with E-state index in [9.17, 15) is 41.1 Å². The number of carbonyl (C=O) groups excluding carboxylic acids is 3. The normalized spacial score (nSPS) is 28.5. The molecular weight excluding hydrogens is 831 g/mol. The number of amides is 4. The van der Waals surface area contributed by atoms with Gasteiger partial charge in [0, 0.05) is 34.2 Å². The van der Waals surface area contributed by atoms with Crippen molar-refractivity contribution < 1.29 is 55.3 Å². The second-order valence-electron chi connectivity index (χ2n) is 17.9. The number of rotatable bonds is 9. The minimum absolute atomic E-state index is 0.0254. The Morgan fingerprint density at radius 2 is 1.82 bits per heavy atom. The summed E-state index contributed by atoms with van der Waals surface area (Å²) in [6, 6.07) is 3.21. The van der Waals surface area contributed by atoms with Gasteiger partial charge >= 0.3 is 12.3 Å². The maximum atomic E-state index is 15.1. The number of hydrogen-bond acceptors (Lipinski definition) is 9. The Kier molecular flexibility index (Phi) is 12.2. The Morgan fingerprint density at radius 1 is 1.13 bits per heavy atom. The first-order chi connectivity index (χ1) is 27.8. The predicted molar refractivity (Wildman–Crippen MR) is 216 cm³/mol. The van der Waals surface area contributed by atoms with Gasteiger partial charge in [-0.2, -0.15) is 18.2 Å². The molecule has 3 fully saturated rings. The van der Waals surface area contributed by atoms with Crippen molar-refractivity contribution in [2.75, 3.05) is 6.54 Å². The fourth-order valence-corrected chi connectivity index (χ4v) is 9.86. The van der Waals surface area contributed by atoms with Gasteiger partial charge in [0.2, 0.25) is 33.6 Å².